The Morgan fingerprint density at radius 2 is 1.54 bits per heavy atom. The molecule has 4 saturated carbocycles. The van der Waals surface area contributed by atoms with E-state index >= 15 is 0 Å². The molecule has 3 nitrogen and oxygen atoms in total. The number of amides is 1. The van der Waals surface area contributed by atoms with Gasteiger partial charge in [-0.15, -0.1) is 0 Å². The van der Waals surface area contributed by atoms with Gasteiger partial charge in [-0.25, -0.2) is 0 Å². The van der Waals surface area contributed by atoms with Crippen LogP contribution in [0.1, 0.15) is 74.5 Å². The van der Waals surface area contributed by atoms with E-state index in [9.17, 15) is 4.79 Å². The fourth-order valence-corrected chi connectivity index (χ4v) is 7.77. The number of anilines is 1. The summed E-state index contributed by atoms with van der Waals surface area (Å²) in [6.45, 7) is 7.48. The largest absolute Gasteiger partial charge is 0.324 e. The molecular formula is C25H36N2O. The molecule has 4 aliphatic carbocycles. The van der Waals surface area contributed by atoms with E-state index in [0.717, 1.165) is 36.4 Å². The Labute approximate surface area is 170 Å². The summed E-state index contributed by atoms with van der Waals surface area (Å²) in [6.07, 6.45) is 11.9. The Bertz CT molecular complexity index is 724. The van der Waals surface area contributed by atoms with Crippen LogP contribution in [0.2, 0.25) is 0 Å². The van der Waals surface area contributed by atoms with E-state index in [1.807, 2.05) is 0 Å². The van der Waals surface area contributed by atoms with Crippen LogP contribution < -0.4 is 5.32 Å². The minimum absolute atomic E-state index is 0.0603. The summed E-state index contributed by atoms with van der Waals surface area (Å²) < 4.78 is 0. The quantitative estimate of drug-likeness (QED) is 0.764. The van der Waals surface area contributed by atoms with Crippen LogP contribution in [0, 0.1) is 38.5 Å². The number of nitrogens with one attached hydrogen (secondary N) is 1. The number of rotatable bonds is 3. The lowest BCUT2D eigenvalue weighted by molar-refractivity contribution is -0.140. The van der Waals surface area contributed by atoms with Crippen molar-refractivity contribution in [1.29, 1.82) is 0 Å². The van der Waals surface area contributed by atoms with Crippen molar-refractivity contribution in [3.63, 3.8) is 0 Å². The maximum Gasteiger partial charge on any atom is 0.241 e. The first-order valence-electron chi connectivity index (χ1n) is 11.6. The van der Waals surface area contributed by atoms with Crippen molar-refractivity contribution in [3.05, 3.63) is 28.8 Å². The highest BCUT2D eigenvalue weighted by atomic mass is 16.2. The molecule has 0 radical (unpaired) electrons. The van der Waals surface area contributed by atoms with Crippen LogP contribution in [0.25, 0.3) is 0 Å². The van der Waals surface area contributed by atoms with Crippen molar-refractivity contribution in [2.45, 2.75) is 90.1 Å². The Morgan fingerprint density at radius 3 is 2.11 bits per heavy atom. The van der Waals surface area contributed by atoms with Crippen LogP contribution in [-0.4, -0.2) is 28.9 Å². The molecule has 28 heavy (non-hydrogen) atoms. The molecule has 1 amide bonds. The molecule has 1 saturated heterocycles. The molecule has 1 aromatic carbocycles. The van der Waals surface area contributed by atoms with Gasteiger partial charge in [0.05, 0.1) is 6.04 Å². The molecular weight excluding hydrogens is 344 g/mol. The summed E-state index contributed by atoms with van der Waals surface area (Å²) in [4.78, 5) is 16.2. The Morgan fingerprint density at radius 1 is 0.964 bits per heavy atom. The van der Waals surface area contributed by atoms with Crippen LogP contribution in [0.4, 0.5) is 5.69 Å². The van der Waals surface area contributed by atoms with Crippen molar-refractivity contribution < 1.29 is 4.79 Å². The molecule has 1 atom stereocenters. The summed E-state index contributed by atoms with van der Waals surface area (Å²) in [5.74, 6) is 3.03. The van der Waals surface area contributed by atoms with E-state index in [4.69, 9.17) is 0 Å². The van der Waals surface area contributed by atoms with Crippen molar-refractivity contribution >= 4 is 11.6 Å². The third kappa shape index (κ3) is 3.10. The average Bonchev–Trinajstić information content (AvgIpc) is 2.63. The Balaban J connectivity index is 1.40. The van der Waals surface area contributed by atoms with Crippen LogP contribution in [0.15, 0.2) is 12.1 Å². The number of aryl methyl sites for hydroxylation is 3. The fraction of sp³-hybridized carbons (Fsp3) is 0.720. The van der Waals surface area contributed by atoms with Gasteiger partial charge in [-0.1, -0.05) is 24.1 Å². The summed E-state index contributed by atoms with van der Waals surface area (Å²) >= 11 is 0. The van der Waals surface area contributed by atoms with Crippen molar-refractivity contribution in [2.75, 3.05) is 11.9 Å². The molecule has 0 spiro atoms. The van der Waals surface area contributed by atoms with Crippen molar-refractivity contribution in [2.24, 2.45) is 17.8 Å². The zero-order valence-corrected chi connectivity index (χ0v) is 17.9. The van der Waals surface area contributed by atoms with Crippen molar-refractivity contribution in [3.8, 4) is 0 Å². The van der Waals surface area contributed by atoms with E-state index in [-0.39, 0.29) is 11.9 Å². The van der Waals surface area contributed by atoms with Gasteiger partial charge in [0.15, 0.2) is 0 Å². The van der Waals surface area contributed by atoms with Gasteiger partial charge in [-0.2, -0.15) is 0 Å². The third-order valence-electron chi connectivity index (χ3n) is 8.35. The van der Waals surface area contributed by atoms with Gasteiger partial charge in [0, 0.05) is 11.2 Å². The summed E-state index contributed by atoms with van der Waals surface area (Å²) in [7, 11) is 0. The molecule has 3 heteroatoms. The molecule has 5 aliphatic rings. The van der Waals surface area contributed by atoms with Crippen LogP contribution in [0.3, 0.4) is 0 Å². The normalized spacial score (nSPS) is 37.2. The monoisotopic (exact) mass is 380 g/mol. The molecule has 5 fully saturated rings. The molecule has 0 unspecified atom stereocenters. The summed E-state index contributed by atoms with van der Waals surface area (Å²) in [5, 5.41) is 3.36. The third-order valence-corrected chi connectivity index (χ3v) is 8.35. The van der Waals surface area contributed by atoms with Gasteiger partial charge in [-0.05, 0) is 108 Å². The zero-order valence-electron chi connectivity index (χ0n) is 17.9. The first-order valence-corrected chi connectivity index (χ1v) is 11.6. The fourth-order valence-electron chi connectivity index (χ4n) is 7.77. The van der Waals surface area contributed by atoms with Gasteiger partial charge < -0.3 is 5.32 Å². The molecule has 1 N–H and O–H groups in total. The number of likely N-dealkylation sites (tertiary alicyclic amines) is 1. The second-order valence-corrected chi connectivity index (χ2v) is 10.6. The number of hydrogen-bond acceptors (Lipinski definition) is 2. The smallest absolute Gasteiger partial charge is 0.241 e. The zero-order chi connectivity index (χ0) is 19.5. The van der Waals surface area contributed by atoms with Gasteiger partial charge in [0.25, 0.3) is 0 Å². The first-order chi connectivity index (χ1) is 13.4. The predicted octanol–water partition coefficient (Wildman–Crippen LogP) is 5.37. The van der Waals surface area contributed by atoms with Crippen molar-refractivity contribution in [1.82, 2.24) is 4.90 Å². The van der Waals surface area contributed by atoms with Gasteiger partial charge in [0.2, 0.25) is 5.91 Å². The lowest BCUT2D eigenvalue weighted by atomic mass is 9.52. The molecule has 4 bridgehead atoms. The minimum atomic E-state index is 0.0603. The van der Waals surface area contributed by atoms with Gasteiger partial charge in [-0.3, -0.25) is 9.69 Å². The lowest BCUT2D eigenvalue weighted by Crippen LogP contribution is -2.65. The van der Waals surface area contributed by atoms with Crippen LogP contribution in [-0.2, 0) is 4.79 Å². The number of piperidine rings is 1. The Hall–Kier alpha value is -1.35. The van der Waals surface area contributed by atoms with E-state index in [0.29, 0.717) is 5.54 Å². The summed E-state index contributed by atoms with van der Waals surface area (Å²) in [6, 6.07) is 4.42. The van der Waals surface area contributed by atoms with E-state index < -0.39 is 0 Å². The Kier molecular flexibility index (Phi) is 4.58. The SMILES string of the molecule is Cc1cc(C)c(NC(=O)[C@H]2CCCCN2C23CC4CC(CC(C4)C2)C3)c(C)c1. The predicted molar refractivity (Wildman–Crippen MR) is 115 cm³/mol. The molecule has 1 aromatic rings. The number of nitrogens with zero attached hydrogens (tertiary/aromatic N) is 1. The molecule has 1 aliphatic heterocycles. The number of benzene rings is 1. The maximum absolute atomic E-state index is 13.5. The highest BCUT2D eigenvalue weighted by Gasteiger charge is 2.55. The number of hydrogen-bond donors (Lipinski definition) is 1. The van der Waals surface area contributed by atoms with Crippen LogP contribution in [0.5, 0.6) is 0 Å². The average molecular weight is 381 g/mol. The lowest BCUT2D eigenvalue weighted by Gasteiger charge is -2.62. The standard InChI is InChI=1S/C25H36N2O/c1-16-8-17(2)23(18(3)9-16)26-24(28)22-6-4-5-7-27(22)25-13-19-10-20(14-25)12-21(11-19)15-25/h8-9,19-22H,4-7,10-15H2,1-3H3,(H,26,28)/t19?,20?,21?,22-,25?/m1/s1. The molecule has 6 rings (SSSR count). The topological polar surface area (TPSA) is 32.3 Å². The van der Waals surface area contributed by atoms with E-state index in [2.05, 4.69) is 43.1 Å². The first kappa shape index (κ1) is 18.7. The summed E-state index contributed by atoms with van der Waals surface area (Å²) in [5.41, 5.74) is 4.99. The highest BCUT2D eigenvalue weighted by Crippen LogP contribution is 2.58. The van der Waals surface area contributed by atoms with Gasteiger partial charge in [0.1, 0.15) is 0 Å². The number of carbonyl (C=O) groups is 1. The highest BCUT2D eigenvalue weighted by molar-refractivity contribution is 5.96. The van der Waals surface area contributed by atoms with Gasteiger partial charge >= 0.3 is 0 Å². The number of carbonyl (C=O) groups excluding carboxylic acids is 1. The maximum atomic E-state index is 13.5. The second-order valence-electron chi connectivity index (χ2n) is 10.6. The molecule has 0 aromatic heterocycles. The second kappa shape index (κ2) is 6.86. The minimum Gasteiger partial charge on any atom is -0.324 e. The van der Waals surface area contributed by atoms with E-state index in [1.54, 1.807) is 0 Å². The molecule has 1 heterocycles. The van der Waals surface area contributed by atoms with E-state index in [1.165, 1.54) is 68.1 Å². The molecule has 152 valence electrons. The van der Waals surface area contributed by atoms with Crippen LogP contribution >= 0.6 is 0 Å².